The van der Waals surface area contributed by atoms with Crippen molar-refractivity contribution in [3.05, 3.63) is 12.2 Å². The molecule has 0 radical (unpaired) electrons. The summed E-state index contributed by atoms with van der Waals surface area (Å²) < 4.78 is 0. The van der Waals surface area contributed by atoms with Gasteiger partial charge in [0, 0.05) is 81.8 Å². The molecular formula is C26H41ClN6O5S. The summed E-state index contributed by atoms with van der Waals surface area (Å²) in [5, 5.41) is 9.38. The number of urea groups is 1. The third-order valence-corrected chi connectivity index (χ3v) is 9.24. The number of nitrogens with one attached hydrogen (secondary N) is 3. The number of piperazine rings is 1. The third-order valence-electron chi connectivity index (χ3n) is 7.74. The normalized spacial score (nSPS) is 24.4. The number of nitrogens with zero attached hydrogens (tertiary/aromatic N) is 3. The van der Waals surface area contributed by atoms with Gasteiger partial charge in [-0.25, -0.2) is 4.79 Å². The number of rotatable bonds is 14. The maximum Gasteiger partial charge on any atom is 0.315 e. The SMILES string of the molecule is Cl.O=C(CCCC[C@@H]1SC[C@@H]2NC(=O)N[C@@H]21)NCCCCCC(=O)N1CCN(CCN2C(=O)C=CC2=O)CC1. The topological polar surface area (TPSA) is 131 Å². The minimum absolute atomic E-state index is 0. The maximum absolute atomic E-state index is 12.5. The van der Waals surface area contributed by atoms with Crippen LogP contribution in [0.5, 0.6) is 0 Å². The van der Waals surface area contributed by atoms with Crippen LogP contribution < -0.4 is 16.0 Å². The standard InChI is InChI=1S/C26H40N6O5S.ClH/c33-21(7-4-3-6-20-25-19(18-38-20)28-26(37)29-25)27-11-5-1-2-8-22(34)31-15-12-30(13-16-31)14-17-32-23(35)9-10-24(32)36;/h9-10,19-20,25H,1-8,11-18H2,(H,27,33)(H2,28,29,37);1H/t19-,20-,25-;/m0./s1. The van der Waals surface area contributed by atoms with E-state index in [4.69, 9.17) is 0 Å². The number of amides is 6. The van der Waals surface area contributed by atoms with E-state index in [2.05, 4.69) is 20.9 Å². The van der Waals surface area contributed by atoms with Crippen LogP contribution in [0.4, 0.5) is 4.79 Å². The molecule has 4 rings (SSSR count). The molecule has 3 N–H and O–H groups in total. The first-order valence-corrected chi connectivity index (χ1v) is 14.9. The van der Waals surface area contributed by atoms with E-state index in [1.54, 1.807) is 0 Å². The molecule has 0 spiro atoms. The number of unbranched alkanes of at least 4 members (excludes halogenated alkanes) is 3. The van der Waals surface area contributed by atoms with Crippen LogP contribution in [0, 0.1) is 0 Å². The van der Waals surface area contributed by atoms with Crippen LogP contribution in [0.3, 0.4) is 0 Å². The number of thioether (sulfide) groups is 1. The molecule has 39 heavy (non-hydrogen) atoms. The van der Waals surface area contributed by atoms with Crippen molar-refractivity contribution in [1.29, 1.82) is 0 Å². The molecule has 3 saturated heterocycles. The Morgan fingerprint density at radius 3 is 2.36 bits per heavy atom. The van der Waals surface area contributed by atoms with Crippen molar-refractivity contribution in [2.24, 2.45) is 0 Å². The molecule has 0 aliphatic carbocycles. The molecule has 0 aromatic rings. The zero-order chi connectivity index (χ0) is 26.9. The van der Waals surface area contributed by atoms with Gasteiger partial charge in [-0.3, -0.25) is 29.0 Å². The van der Waals surface area contributed by atoms with Gasteiger partial charge in [-0.15, -0.1) is 12.4 Å². The number of fused-ring (bicyclic) bond motifs is 1. The zero-order valence-electron chi connectivity index (χ0n) is 22.4. The predicted octanol–water partition coefficient (Wildman–Crippen LogP) is 0.880. The van der Waals surface area contributed by atoms with Gasteiger partial charge in [0.25, 0.3) is 11.8 Å². The minimum Gasteiger partial charge on any atom is -0.356 e. The van der Waals surface area contributed by atoms with Gasteiger partial charge in [-0.05, 0) is 25.7 Å². The molecule has 0 unspecified atom stereocenters. The van der Waals surface area contributed by atoms with Crippen LogP contribution in [-0.4, -0.2) is 113 Å². The monoisotopic (exact) mass is 584 g/mol. The highest BCUT2D eigenvalue weighted by Crippen LogP contribution is 2.33. The van der Waals surface area contributed by atoms with E-state index in [0.717, 1.165) is 57.4 Å². The zero-order valence-corrected chi connectivity index (χ0v) is 24.0. The molecular weight excluding hydrogens is 544 g/mol. The summed E-state index contributed by atoms with van der Waals surface area (Å²) in [6.45, 7) is 4.48. The van der Waals surface area contributed by atoms with Crippen molar-refractivity contribution in [3.8, 4) is 0 Å². The fraction of sp³-hybridized carbons (Fsp3) is 0.731. The summed E-state index contributed by atoms with van der Waals surface area (Å²) in [5.74, 6) is 0.706. The van der Waals surface area contributed by atoms with Crippen LogP contribution in [0.25, 0.3) is 0 Å². The number of hydrogen-bond donors (Lipinski definition) is 3. The first kappa shape index (κ1) is 31.2. The van der Waals surface area contributed by atoms with Gasteiger partial charge in [-0.2, -0.15) is 11.8 Å². The van der Waals surface area contributed by atoms with E-state index >= 15 is 0 Å². The van der Waals surface area contributed by atoms with Crippen LogP contribution in [0.2, 0.25) is 0 Å². The van der Waals surface area contributed by atoms with Gasteiger partial charge in [0.2, 0.25) is 11.8 Å². The highest BCUT2D eigenvalue weighted by atomic mass is 35.5. The molecule has 218 valence electrons. The number of hydrogen-bond acceptors (Lipinski definition) is 7. The van der Waals surface area contributed by atoms with Gasteiger partial charge >= 0.3 is 6.03 Å². The molecule has 0 aromatic heterocycles. The number of halogens is 1. The predicted molar refractivity (Wildman–Crippen MR) is 152 cm³/mol. The van der Waals surface area contributed by atoms with Gasteiger partial charge in [-0.1, -0.05) is 12.8 Å². The Balaban J connectivity index is 0.00000420. The number of carbonyl (C=O) groups excluding carboxylic acids is 5. The van der Waals surface area contributed by atoms with E-state index < -0.39 is 0 Å². The average Bonchev–Trinajstić information content (AvgIpc) is 3.56. The van der Waals surface area contributed by atoms with Crippen LogP contribution in [0.1, 0.15) is 51.4 Å². The second kappa shape index (κ2) is 15.5. The van der Waals surface area contributed by atoms with Crippen molar-refractivity contribution in [2.75, 3.05) is 51.6 Å². The Labute approximate surface area is 240 Å². The summed E-state index contributed by atoms with van der Waals surface area (Å²) in [6.07, 6.45) is 9.09. The van der Waals surface area contributed by atoms with Gasteiger partial charge in [0.15, 0.2) is 0 Å². The lowest BCUT2D eigenvalue weighted by molar-refractivity contribution is -0.137. The van der Waals surface area contributed by atoms with E-state index in [1.165, 1.54) is 17.1 Å². The highest BCUT2D eigenvalue weighted by molar-refractivity contribution is 8.00. The van der Waals surface area contributed by atoms with Gasteiger partial charge < -0.3 is 20.9 Å². The van der Waals surface area contributed by atoms with Crippen molar-refractivity contribution in [2.45, 2.75) is 68.7 Å². The third kappa shape index (κ3) is 9.11. The van der Waals surface area contributed by atoms with E-state index in [1.807, 2.05) is 16.7 Å². The molecule has 4 heterocycles. The molecule has 3 atom stereocenters. The van der Waals surface area contributed by atoms with E-state index in [0.29, 0.717) is 50.8 Å². The number of imide groups is 1. The first-order chi connectivity index (χ1) is 18.4. The Kier molecular flexibility index (Phi) is 12.4. The average molecular weight is 585 g/mol. The van der Waals surface area contributed by atoms with Crippen molar-refractivity contribution in [3.63, 3.8) is 0 Å². The van der Waals surface area contributed by atoms with Crippen molar-refractivity contribution < 1.29 is 24.0 Å². The Morgan fingerprint density at radius 2 is 1.62 bits per heavy atom. The fourth-order valence-electron chi connectivity index (χ4n) is 5.44. The van der Waals surface area contributed by atoms with E-state index in [9.17, 15) is 24.0 Å². The summed E-state index contributed by atoms with van der Waals surface area (Å²) in [4.78, 5) is 64.7. The van der Waals surface area contributed by atoms with E-state index in [-0.39, 0.29) is 54.2 Å². The van der Waals surface area contributed by atoms with Crippen LogP contribution in [-0.2, 0) is 19.2 Å². The lowest BCUT2D eigenvalue weighted by Crippen LogP contribution is -2.50. The Bertz CT molecular complexity index is 911. The molecule has 11 nitrogen and oxygen atoms in total. The Hall–Kier alpha value is -2.31. The first-order valence-electron chi connectivity index (χ1n) is 13.9. The second-order valence-corrected chi connectivity index (χ2v) is 11.7. The fourth-order valence-corrected chi connectivity index (χ4v) is 6.98. The summed E-state index contributed by atoms with van der Waals surface area (Å²) >= 11 is 1.90. The summed E-state index contributed by atoms with van der Waals surface area (Å²) in [5.41, 5.74) is 0. The minimum atomic E-state index is -0.254. The molecule has 4 aliphatic heterocycles. The summed E-state index contributed by atoms with van der Waals surface area (Å²) in [7, 11) is 0. The van der Waals surface area contributed by atoms with Crippen molar-refractivity contribution >= 4 is 53.8 Å². The maximum atomic E-state index is 12.5. The lowest BCUT2D eigenvalue weighted by Gasteiger charge is -2.35. The Morgan fingerprint density at radius 1 is 0.897 bits per heavy atom. The molecule has 3 fully saturated rings. The van der Waals surface area contributed by atoms with Crippen LogP contribution in [0.15, 0.2) is 12.2 Å². The molecule has 0 aromatic carbocycles. The smallest absolute Gasteiger partial charge is 0.315 e. The van der Waals surface area contributed by atoms with Gasteiger partial charge in [0.05, 0.1) is 12.1 Å². The number of carbonyl (C=O) groups is 5. The largest absolute Gasteiger partial charge is 0.356 e. The molecule has 13 heteroatoms. The molecule has 4 aliphatic rings. The molecule has 0 saturated carbocycles. The quantitative estimate of drug-likeness (QED) is 0.157. The second-order valence-electron chi connectivity index (χ2n) is 10.4. The lowest BCUT2D eigenvalue weighted by atomic mass is 10.0. The van der Waals surface area contributed by atoms with Crippen LogP contribution >= 0.6 is 24.2 Å². The highest BCUT2D eigenvalue weighted by Gasteiger charge is 2.42. The van der Waals surface area contributed by atoms with Crippen molar-refractivity contribution in [1.82, 2.24) is 30.7 Å². The summed E-state index contributed by atoms with van der Waals surface area (Å²) in [6, 6.07) is 0.410. The molecule has 6 amide bonds. The molecule has 0 bridgehead atoms. The van der Waals surface area contributed by atoms with Gasteiger partial charge in [0.1, 0.15) is 0 Å².